The monoisotopic (exact) mass is 594 g/mol. The molecule has 0 bridgehead atoms. The molecule has 3 heterocycles. The number of fused-ring (bicyclic) bond motifs is 1. The second kappa shape index (κ2) is 11.7. The zero-order valence-corrected chi connectivity index (χ0v) is 23.3. The highest BCUT2D eigenvalue weighted by atomic mass is 32.1. The Hall–Kier alpha value is -4.65. The molecule has 0 spiro atoms. The number of alkyl halides is 3. The first-order chi connectivity index (χ1) is 20.0. The average Bonchev–Trinajstić information content (AvgIpc) is 3.59. The van der Waals surface area contributed by atoms with E-state index in [0.29, 0.717) is 47.3 Å². The third kappa shape index (κ3) is 6.15. The van der Waals surface area contributed by atoms with E-state index < -0.39 is 17.6 Å². The van der Waals surface area contributed by atoms with Crippen molar-refractivity contribution in [2.24, 2.45) is 0 Å². The Kier molecular flexibility index (Phi) is 8.03. The predicted octanol–water partition coefficient (Wildman–Crippen LogP) is 5.69. The van der Waals surface area contributed by atoms with Crippen LogP contribution in [-0.2, 0) is 28.6 Å². The number of aromatic nitrogens is 3. The van der Waals surface area contributed by atoms with Gasteiger partial charge >= 0.3 is 6.18 Å². The number of carbonyl (C=O) groups is 3. The van der Waals surface area contributed by atoms with Crippen LogP contribution < -0.4 is 15.5 Å². The molecule has 0 saturated heterocycles. The van der Waals surface area contributed by atoms with Gasteiger partial charge in [0.2, 0.25) is 12.3 Å². The summed E-state index contributed by atoms with van der Waals surface area (Å²) in [6, 6.07) is 9.71. The van der Waals surface area contributed by atoms with E-state index in [4.69, 9.17) is 0 Å². The van der Waals surface area contributed by atoms with Crippen molar-refractivity contribution in [2.45, 2.75) is 38.8 Å². The van der Waals surface area contributed by atoms with Gasteiger partial charge < -0.3 is 15.5 Å². The lowest BCUT2D eigenvalue weighted by Gasteiger charge is -2.17. The number of nitrogens with zero attached hydrogens (tertiary/aromatic N) is 4. The van der Waals surface area contributed by atoms with Crippen molar-refractivity contribution in [2.75, 3.05) is 22.1 Å². The number of anilines is 3. The largest absolute Gasteiger partial charge is 0.416 e. The summed E-state index contributed by atoms with van der Waals surface area (Å²) in [5.74, 6) is -0.271. The number of nitrogens with one attached hydrogen (secondary N) is 2. The molecule has 1 aliphatic rings. The van der Waals surface area contributed by atoms with Crippen LogP contribution in [0.4, 0.5) is 29.7 Å². The minimum Gasteiger partial charge on any atom is -0.322 e. The normalized spacial score (nSPS) is 12.8. The zero-order chi connectivity index (χ0) is 30.0. The van der Waals surface area contributed by atoms with Gasteiger partial charge in [0.25, 0.3) is 5.91 Å². The predicted molar refractivity (Wildman–Crippen MR) is 153 cm³/mol. The molecule has 13 heteroatoms. The smallest absolute Gasteiger partial charge is 0.322 e. The Balaban J connectivity index is 1.35. The van der Waals surface area contributed by atoms with Crippen LogP contribution in [0.25, 0.3) is 11.3 Å². The van der Waals surface area contributed by atoms with Gasteiger partial charge in [-0.05, 0) is 42.3 Å². The summed E-state index contributed by atoms with van der Waals surface area (Å²) in [6.45, 7) is 4.23. The lowest BCUT2D eigenvalue weighted by atomic mass is 10.0. The molecule has 0 atom stereocenters. The van der Waals surface area contributed by atoms with Gasteiger partial charge in [0.1, 0.15) is 5.82 Å². The lowest BCUT2D eigenvalue weighted by Crippen LogP contribution is -2.30. The third-order valence-electron chi connectivity index (χ3n) is 6.65. The first kappa shape index (κ1) is 28.9. The van der Waals surface area contributed by atoms with E-state index in [9.17, 15) is 27.6 Å². The molecule has 5 rings (SSSR count). The molecule has 0 unspecified atom stereocenters. The number of halogens is 3. The van der Waals surface area contributed by atoms with Crippen LogP contribution in [0.3, 0.4) is 0 Å². The quantitative estimate of drug-likeness (QED) is 0.253. The summed E-state index contributed by atoms with van der Waals surface area (Å²) in [7, 11) is 0. The van der Waals surface area contributed by atoms with E-state index in [2.05, 4.69) is 25.6 Å². The molecule has 42 heavy (non-hydrogen) atoms. The zero-order valence-electron chi connectivity index (χ0n) is 22.5. The highest BCUT2D eigenvalue weighted by Gasteiger charge is 2.30. The molecule has 216 valence electrons. The summed E-state index contributed by atoms with van der Waals surface area (Å²) in [4.78, 5) is 51.6. The van der Waals surface area contributed by atoms with Crippen LogP contribution in [0, 0.1) is 0 Å². The average molecular weight is 595 g/mol. The van der Waals surface area contributed by atoms with Crippen LogP contribution in [0.5, 0.6) is 0 Å². The molecule has 4 aromatic rings. The molecule has 2 N–H and O–H groups in total. The molecule has 3 amide bonds. The number of hydrogen-bond acceptors (Lipinski definition) is 7. The van der Waals surface area contributed by atoms with Crippen molar-refractivity contribution < 1.29 is 27.6 Å². The summed E-state index contributed by atoms with van der Waals surface area (Å²) in [5, 5.41) is 7.44. The number of carbonyl (C=O) groups excluding carboxylic acids is 3. The Morgan fingerprint density at radius 2 is 1.88 bits per heavy atom. The second-order valence-corrected chi connectivity index (χ2v) is 10.8. The van der Waals surface area contributed by atoms with Crippen molar-refractivity contribution in [3.8, 4) is 11.3 Å². The number of rotatable bonds is 8. The van der Waals surface area contributed by atoms with Crippen LogP contribution in [0.15, 0.2) is 54.0 Å². The fraction of sp³-hybridized carbons (Fsp3) is 0.241. The van der Waals surface area contributed by atoms with Gasteiger partial charge in [0.05, 0.1) is 28.9 Å². The molecule has 9 nitrogen and oxygen atoms in total. The van der Waals surface area contributed by atoms with Crippen molar-refractivity contribution >= 4 is 46.1 Å². The fourth-order valence-corrected chi connectivity index (χ4v) is 5.24. The standard InChI is InChI=1S/C29H25F3N6O3S/c1-16(2)26-33-13-22(25(37-26)17-3-5-19(6-4-17)29(30,31)32)27(41)35-20-7-8-23-18(11-20)9-10-38(23)24(40)12-21-14-42-28(36-21)34-15-39/h3-8,11,13-16H,9-10,12H2,1-2H3,(H,35,41)(H,34,36,39). The number of hydrogen-bond donors (Lipinski definition) is 2. The topological polar surface area (TPSA) is 117 Å². The maximum atomic E-state index is 13.4. The van der Waals surface area contributed by atoms with Gasteiger partial charge in [-0.1, -0.05) is 26.0 Å². The molecular weight excluding hydrogens is 569 g/mol. The SMILES string of the molecule is CC(C)c1ncc(C(=O)Nc2ccc3c(c2)CCN3C(=O)Cc2csc(NC=O)n2)c(-c2ccc(C(F)(F)F)cc2)n1. The Morgan fingerprint density at radius 1 is 1.12 bits per heavy atom. The fourth-order valence-electron chi connectivity index (χ4n) is 4.57. The summed E-state index contributed by atoms with van der Waals surface area (Å²) < 4.78 is 39.3. The Morgan fingerprint density at radius 3 is 2.57 bits per heavy atom. The van der Waals surface area contributed by atoms with Crippen molar-refractivity contribution in [3.63, 3.8) is 0 Å². The molecule has 0 radical (unpaired) electrons. The van der Waals surface area contributed by atoms with Crippen LogP contribution in [-0.4, -0.2) is 39.7 Å². The van der Waals surface area contributed by atoms with Crippen molar-refractivity contribution in [1.29, 1.82) is 0 Å². The molecule has 2 aromatic heterocycles. The number of thiazole rings is 1. The van der Waals surface area contributed by atoms with E-state index >= 15 is 0 Å². The van der Waals surface area contributed by atoms with Gasteiger partial charge in [-0.15, -0.1) is 11.3 Å². The van der Waals surface area contributed by atoms with Gasteiger partial charge in [-0.2, -0.15) is 13.2 Å². The first-order valence-electron chi connectivity index (χ1n) is 13.0. The molecule has 2 aromatic carbocycles. The van der Waals surface area contributed by atoms with E-state index in [1.54, 1.807) is 28.5 Å². The summed E-state index contributed by atoms with van der Waals surface area (Å²) in [6.07, 6.45) is -1.91. The minimum atomic E-state index is -4.49. The van der Waals surface area contributed by atoms with Gasteiger partial charge in [-0.25, -0.2) is 15.0 Å². The van der Waals surface area contributed by atoms with E-state index in [1.807, 2.05) is 13.8 Å². The molecule has 0 aliphatic carbocycles. The summed E-state index contributed by atoms with van der Waals surface area (Å²) >= 11 is 1.23. The highest BCUT2D eigenvalue weighted by Crippen LogP contribution is 2.33. The van der Waals surface area contributed by atoms with Crippen LogP contribution in [0.1, 0.15) is 52.8 Å². The van der Waals surface area contributed by atoms with Gasteiger partial charge in [0, 0.05) is 41.0 Å². The third-order valence-corrected chi connectivity index (χ3v) is 7.48. The van der Waals surface area contributed by atoms with Crippen LogP contribution >= 0.6 is 11.3 Å². The second-order valence-electron chi connectivity index (χ2n) is 9.90. The first-order valence-corrected chi connectivity index (χ1v) is 13.8. The van der Waals surface area contributed by atoms with Crippen LogP contribution in [0.2, 0.25) is 0 Å². The Labute approximate surface area is 242 Å². The molecule has 1 aliphatic heterocycles. The van der Waals surface area contributed by atoms with Crippen molar-refractivity contribution in [3.05, 3.63) is 82.3 Å². The van der Waals surface area contributed by atoms with E-state index in [-0.39, 0.29) is 29.5 Å². The minimum absolute atomic E-state index is 0.0664. The maximum Gasteiger partial charge on any atom is 0.416 e. The maximum absolute atomic E-state index is 13.4. The van der Waals surface area contributed by atoms with E-state index in [1.165, 1.54) is 29.7 Å². The van der Waals surface area contributed by atoms with Crippen molar-refractivity contribution in [1.82, 2.24) is 15.0 Å². The highest BCUT2D eigenvalue weighted by molar-refractivity contribution is 7.13. The summed E-state index contributed by atoms with van der Waals surface area (Å²) in [5.41, 5.74) is 2.55. The molecular formula is C29H25F3N6O3S. The van der Waals surface area contributed by atoms with E-state index in [0.717, 1.165) is 23.4 Å². The number of amides is 3. The molecule has 0 saturated carbocycles. The molecule has 0 fully saturated rings. The van der Waals surface area contributed by atoms with Gasteiger partial charge in [-0.3, -0.25) is 14.4 Å². The Bertz CT molecular complexity index is 1650. The van der Waals surface area contributed by atoms with Gasteiger partial charge in [0.15, 0.2) is 5.13 Å². The lowest BCUT2D eigenvalue weighted by molar-refractivity contribution is -0.137. The number of benzene rings is 2.